The Morgan fingerprint density at radius 1 is 1.50 bits per heavy atom. The molecule has 2 aromatic rings. The standard InChI is InChI=1S/C15H14N2O3S2/c18-13(19)7-3-9-17-14(20)12(22-15(17)21)6-1-4-11-5-2-8-16-10-11/h2,4-6,8,10,20H,3,7,9H2,(H,18,19). The molecule has 0 saturated heterocycles. The number of thiazole rings is 1. The van der Waals surface area contributed by atoms with Gasteiger partial charge in [0.15, 0.2) is 3.95 Å². The van der Waals surface area contributed by atoms with Crippen molar-refractivity contribution in [3.8, 4) is 5.88 Å². The van der Waals surface area contributed by atoms with Gasteiger partial charge >= 0.3 is 5.97 Å². The van der Waals surface area contributed by atoms with Gasteiger partial charge < -0.3 is 10.2 Å². The van der Waals surface area contributed by atoms with Crippen molar-refractivity contribution in [3.63, 3.8) is 0 Å². The number of rotatable bonds is 6. The normalized spacial score (nSPS) is 10.0. The highest BCUT2D eigenvalue weighted by atomic mass is 32.1. The van der Waals surface area contributed by atoms with Crippen molar-refractivity contribution in [1.82, 2.24) is 9.55 Å². The Hall–Kier alpha value is -2.21. The fourth-order valence-corrected chi connectivity index (χ4v) is 3.02. The van der Waals surface area contributed by atoms with E-state index in [0.717, 1.165) is 5.56 Å². The second kappa shape index (κ2) is 7.70. The van der Waals surface area contributed by atoms with Gasteiger partial charge in [0.05, 0.1) is 4.88 Å². The third-order valence-electron chi connectivity index (χ3n) is 2.81. The first-order chi connectivity index (χ1) is 10.6. The molecule has 7 heteroatoms. The van der Waals surface area contributed by atoms with Crippen LogP contribution in [0.15, 0.2) is 30.3 Å². The fourth-order valence-electron chi connectivity index (χ4n) is 1.77. The minimum Gasteiger partial charge on any atom is -0.493 e. The number of pyridine rings is 1. The van der Waals surface area contributed by atoms with Crippen LogP contribution in [0.1, 0.15) is 23.3 Å². The summed E-state index contributed by atoms with van der Waals surface area (Å²) in [7, 11) is 0. The Kier molecular flexibility index (Phi) is 5.66. The molecule has 2 N–H and O–H groups in total. The molecule has 0 fully saturated rings. The van der Waals surface area contributed by atoms with E-state index < -0.39 is 5.97 Å². The Labute approximate surface area is 136 Å². The maximum absolute atomic E-state index is 10.5. The van der Waals surface area contributed by atoms with Crippen LogP contribution in [0.3, 0.4) is 0 Å². The van der Waals surface area contributed by atoms with Gasteiger partial charge in [-0.05, 0) is 30.8 Å². The lowest BCUT2D eigenvalue weighted by Gasteiger charge is -2.02. The molecule has 2 heterocycles. The lowest BCUT2D eigenvalue weighted by molar-refractivity contribution is -0.137. The monoisotopic (exact) mass is 334 g/mol. The highest BCUT2D eigenvalue weighted by Crippen LogP contribution is 2.27. The number of nitrogens with zero attached hydrogens (tertiary/aromatic N) is 2. The molecule has 0 atom stereocenters. The number of carboxylic acids is 1. The van der Waals surface area contributed by atoms with Crippen LogP contribution in [0.4, 0.5) is 0 Å². The van der Waals surface area contributed by atoms with Crippen molar-refractivity contribution in [2.24, 2.45) is 0 Å². The molecule has 0 aromatic carbocycles. The molecule has 0 saturated carbocycles. The van der Waals surface area contributed by atoms with Gasteiger partial charge in [-0.2, -0.15) is 0 Å². The van der Waals surface area contributed by atoms with Gasteiger partial charge in [0, 0.05) is 37.0 Å². The summed E-state index contributed by atoms with van der Waals surface area (Å²) in [6, 6.07) is 3.72. The number of aromatic hydroxyl groups is 1. The molecule has 0 radical (unpaired) electrons. The number of carbonyl (C=O) groups is 1. The fraction of sp³-hybridized carbons (Fsp3) is 0.200. The van der Waals surface area contributed by atoms with E-state index in [1.165, 1.54) is 11.3 Å². The van der Waals surface area contributed by atoms with Crippen LogP contribution < -0.4 is 0 Å². The maximum Gasteiger partial charge on any atom is 0.303 e. The maximum atomic E-state index is 10.5. The highest BCUT2D eigenvalue weighted by Gasteiger charge is 2.09. The third-order valence-corrected chi connectivity index (χ3v) is 4.20. The van der Waals surface area contributed by atoms with Crippen LogP contribution in [0, 0.1) is 3.95 Å². The molecule has 114 valence electrons. The SMILES string of the molecule is O=C(O)CCCn1c(O)c(C=C=Cc2cccnc2)sc1=S. The van der Waals surface area contributed by atoms with E-state index in [4.69, 9.17) is 17.3 Å². The van der Waals surface area contributed by atoms with Crippen LogP contribution >= 0.6 is 23.6 Å². The molecule has 5 nitrogen and oxygen atoms in total. The highest BCUT2D eigenvalue weighted by molar-refractivity contribution is 7.73. The van der Waals surface area contributed by atoms with Crippen LogP contribution in [0.25, 0.3) is 12.2 Å². The minimum atomic E-state index is -0.860. The van der Waals surface area contributed by atoms with Gasteiger partial charge in [0.25, 0.3) is 0 Å². The topological polar surface area (TPSA) is 75.3 Å². The average molecular weight is 334 g/mol. The van der Waals surface area contributed by atoms with Crippen molar-refractivity contribution in [2.75, 3.05) is 0 Å². The van der Waals surface area contributed by atoms with Crippen LogP contribution in [-0.4, -0.2) is 25.7 Å². The van der Waals surface area contributed by atoms with E-state index in [2.05, 4.69) is 10.7 Å². The number of carboxylic acid groups (broad SMARTS) is 1. The smallest absolute Gasteiger partial charge is 0.303 e. The molecule has 0 unspecified atom stereocenters. The Balaban J connectivity index is 2.14. The lowest BCUT2D eigenvalue weighted by atomic mass is 10.3. The van der Waals surface area contributed by atoms with Crippen molar-refractivity contribution in [1.29, 1.82) is 0 Å². The van der Waals surface area contributed by atoms with Gasteiger partial charge in [0.2, 0.25) is 5.88 Å². The Morgan fingerprint density at radius 2 is 2.32 bits per heavy atom. The third kappa shape index (κ3) is 4.39. The van der Waals surface area contributed by atoms with Crippen molar-refractivity contribution >= 4 is 41.7 Å². The summed E-state index contributed by atoms with van der Waals surface area (Å²) in [6.45, 7) is 0.383. The van der Waals surface area contributed by atoms with Crippen molar-refractivity contribution in [2.45, 2.75) is 19.4 Å². The number of hydrogen-bond acceptors (Lipinski definition) is 5. The molecule has 0 spiro atoms. The quantitative estimate of drug-likeness (QED) is 0.624. The van der Waals surface area contributed by atoms with Crippen LogP contribution in [0.2, 0.25) is 0 Å². The Bertz CT molecular complexity index is 772. The molecule has 0 aliphatic rings. The van der Waals surface area contributed by atoms with Gasteiger partial charge in [-0.1, -0.05) is 6.07 Å². The summed E-state index contributed by atoms with van der Waals surface area (Å²) in [5, 5.41) is 18.8. The van der Waals surface area contributed by atoms with Crippen molar-refractivity contribution < 1.29 is 15.0 Å². The van der Waals surface area contributed by atoms with Gasteiger partial charge in [-0.15, -0.1) is 17.1 Å². The van der Waals surface area contributed by atoms with Gasteiger partial charge in [-0.25, -0.2) is 0 Å². The predicted molar refractivity (Wildman–Crippen MR) is 88.4 cm³/mol. The van der Waals surface area contributed by atoms with E-state index in [0.29, 0.717) is 21.8 Å². The molecular weight excluding hydrogens is 320 g/mol. The summed E-state index contributed by atoms with van der Waals surface area (Å²) >= 11 is 6.45. The first-order valence-corrected chi connectivity index (χ1v) is 7.77. The van der Waals surface area contributed by atoms with Crippen LogP contribution in [-0.2, 0) is 11.3 Å². The van der Waals surface area contributed by atoms with Gasteiger partial charge in [-0.3, -0.25) is 14.3 Å². The molecule has 0 aliphatic heterocycles. The zero-order valence-corrected chi connectivity index (χ0v) is 13.2. The number of aromatic nitrogens is 2. The Morgan fingerprint density at radius 3 is 3.00 bits per heavy atom. The van der Waals surface area contributed by atoms with E-state index in [1.54, 1.807) is 29.1 Å². The summed E-state index contributed by atoms with van der Waals surface area (Å²) in [5.41, 5.74) is 3.89. The molecule has 2 rings (SSSR count). The van der Waals surface area contributed by atoms with E-state index >= 15 is 0 Å². The molecule has 2 aromatic heterocycles. The second-order valence-corrected chi connectivity index (χ2v) is 6.12. The molecule has 0 aliphatic carbocycles. The first-order valence-electron chi connectivity index (χ1n) is 6.55. The van der Waals surface area contributed by atoms with E-state index in [-0.39, 0.29) is 12.3 Å². The molecule has 0 amide bonds. The zero-order valence-electron chi connectivity index (χ0n) is 11.6. The van der Waals surface area contributed by atoms with Gasteiger partial charge in [0.1, 0.15) is 0 Å². The summed E-state index contributed by atoms with van der Waals surface area (Å²) in [4.78, 5) is 15.1. The van der Waals surface area contributed by atoms with E-state index in [1.807, 2.05) is 12.1 Å². The molecule has 22 heavy (non-hydrogen) atoms. The summed E-state index contributed by atoms with van der Waals surface area (Å²) in [6.07, 6.45) is 7.27. The second-order valence-electron chi connectivity index (χ2n) is 4.45. The average Bonchev–Trinajstić information content (AvgIpc) is 2.76. The molecular formula is C15H14N2O3S2. The summed E-state index contributed by atoms with van der Waals surface area (Å²) < 4.78 is 2.05. The molecule has 0 bridgehead atoms. The lowest BCUT2D eigenvalue weighted by Crippen LogP contribution is -2.01. The number of hydrogen-bond donors (Lipinski definition) is 2. The summed E-state index contributed by atoms with van der Waals surface area (Å²) in [5.74, 6) is -0.812. The predicted octanol–water partition coefficient (Wildman–Crippen LogP) is 3.57. The minimum absolute atomic E-state index is 0.0448. The van der Waals surface area contributed by atoms with E-state index in [9.17, 15) is 9.90 Å². The largest absolute Gasteiger partial charge is 0.493 e. The van der Waals surface area contributed by atoms with Crippen molar-refractivity contribution in [3.05, 3.63) is 44.7 Å². The number of aliphatic carboxylic acids is 1. The van der Waals surface area contributed by atoms with Crippen LogP contribution in [0.5, 0.6) is 5.88 Å². The zero-order chi connectivity index (χ0) is 15.9. The first kappa shape index (κ1) is 16.2.